The van der Waals surface area contributed by atoms with Crippen molar-refractivity contribution in [3.63, 3.8) is 0 Å². The first-order chi connectivity index (χ1) is 7.65. The van der Waals surface area contributed by atoms with Crippen molar-refractivity contribution in [3.05, 3.63) is 23.7 Å². The summed E-state index contributed by atoms with van der Waals surface area (Å²) in [5, 5.41) is 8.45. The summed E-state index contributed by atoms with van der Waals surface area (Å²) in [6.07, 6.45) is 4.26. The molecule has 0 saturated carbocycles. The first-order valence-corrected chi connectivity index (χ1v) is 5.41. The molecule has 0 aliphatic carbocycles. The van der Waals surface area contributed by atoms with Crippen LogP contribution in [0.1, 0.15) is 34.1 Å². The van der Waals surface area contributed by atoms with Crippen LogP contribution in [-0.2, 0) is 14.3 Å². The van der Waals surface area contributed by atoms with Gasteiger partial charge in [-0.1, -0.05) is 20.8 Å². The molecule has 0 heterocycles. The molecule has 1 N–H and O–H groups in total. The molecule has 4 nitrogen and oxygen atoms in total. The molecule has 0 atom stereocenters. The Bertz CT molecular complexity index is 241. The SMILES string of the molecule is C/C=C(OC)\C(=C/CC)OCC(=O)O.CC. The Kier molecular flexibility index (Phi) is 12.3. The molecule has 0 amide bonds. The molecule has 0 fully saturated rings. The number of rotatable bonds is 6. The fourth-order valence-corrected chi connectivity index (χ4v) is 0.916. The Labute approximate surface area is 97.6 Å². The van der Waals surface area contributed by atoms with Crippen LogP contribution in [0.4, 0.5) is 0 Å². The van der Waals surface area contributed by atoms with Gasteiger partial charge >= 0.3 is 5.97 Å². The van der Waals surface area contributed by atoms with Gasteiger partial charge in [-0.05, 0) is 25.5 Å². The van der Waals surface area contributed by atoms with Crippen LogP contribution in [0.15, 0.2) is 23.7 Å². The van der Waals surface area contributed by atoms with E-state index in [0.29, 0.717) is 11.5 Å². The van der Waals surface area contributed by atoms with Gasteiger partial charge in [0.25, 0.3) is 0 Å². The van der Waals surface area contributed by atoms with Crippen molar-refractivity contribution in [2.75, 3.05) is 13.7 Å². The summed E-state index contributed by atoms with van der Waals surface area (Å²) in [5.41, 5.74) is 0. The summed E-state index contributed by atoms with van der Waals surface area (Å²) in [5.74, 6) is 0.0200. The van der Waals surface area contributed by atoms with E-state index in [2.05, 4.69) is 0 Å². The maximum Gasteiger partial charge on any atom is 0.341 e. The van der Waals surface area contributed by atoms with E-state index in [1.54, 1.807) is 19.1 Å². The second-order valence-corrected chi connectivity index (χ2v) is 2.52. The number of hydrogen-bond donors (Lipinski definition) is 1. The lowest BCUT2D eigenvalue weighted by molar-refractivity contribution is -0.140. The number of methoxy groups -OCH3 is 1. The summed E-state index contributed by atoms with van der Waals surface area (Å²) < 4.78 is 10.1. The minimum atomic E-state index is -1.00. The fraction of sp³-hybridized carbons (Fsp3) is 0.583. The third-order valence-electron chi connectivity index (χ3n) is 1.47. The van der Waals surface area contributed by atoms with E-state index in [1.165, 1.54) is 7.11 Å². The third kappa shape index (κ3) is 7.91. The number of carbonyl (C=O) groups is 1. The Balaban J connectivity index is 0. The average molecular weight is 230 g/mol. The molecule has 0 aliphatic heterocycles. The van der Waals surface area contributed by atoms with E-state index >= 15 is 0 Å². The highest BCUT2D eigenvalue weighted by Gasteiger charge is 2.07. The lowest BCUT2D eigenvalue weighted by Crippen LogP contribution is -2.08. The molecule has 0 aromatic heterocycles. The van der Waals surface area contributed by atoms with Crippen LogP contribution in [0.2, 0.25) is 0 Å². The van der Waals surface area contributed by atoms with Crippen LogP contribution < -0.4 is 0 Å². The molecule has 0 spiro atoms. The number of carboxylic acids is 1. The van der Waals surface area contributed by atoms with Crippen LogP contribution in [0.3, 0.4) is 0 Å². The lowest BCUT2D eigenvalue weighted by Gasteiger charge is -2.10. The predicted octanol–water partition coefficient (Wildman–Crippen LogP) is 2.96. The van der Waals surface area contributed by atoms with Gasteiger partial charge in [-0.15, -0.1) is 0 Å². The van der Waals surface area contributed by atoms with Crippen molar-refractivity contribution in [1.82, 2.24) is 0 Å². The summed E-state index contributed by atoms with van der Waals surface area (Å²) in [6.45, 7) is 7.38. The molecule has 4 heteroatoms. The van der Waals surface area contributed by atoms with Crippen molar-refractivity contribution in [2.24, 2.45) is 0 Å². The number of hydrogen-bond acceptors (Lipinski definition) is 3. The van der Waals surface area contributed by atoms with Crippen molar-refractivity contribution in [1.29, 1.82) is 0 Å². The van der Waals surface area contributed by atoms with Crippen molar-refractivity contribution in [2.45, 2.75) is 34.1 Å². The molecule has 0 aliphatic rings. The molecular formula is C12H22O4. The van der Waals surface area contributed by atoms with Gasteiger partial charge < -0.3 is 14.6 Å². The van der Waals surface area contributed by atoms with E-state index in [4.69, 9.17) is 14.6 Å². The van der Waals surface area contributed by atoms with Gasteiger partial charge in [0.05, 0.1) is 7.11 Å². The van der Waals surface area contributed by atoms with Gasteiger partial charge in [-0.3, -0.25) is 0 Å². The number of carboxylic acid groups (broad SMARTS) is 1. The molecule has 0 unspecified atom stereocenters. The molecular weight excluding hydrogens is 208 g/mol. The zero-order chi connectivity index (χ0) is 13.0. The zero-order valence-electron chi connectivity index (χ0n) is 10.7. The predicted molar refractivity (Wildman–Crippen MR) is 64.1 cm³/mol. The second kappa shape index (κ2) is 11.6. The van der Waals surface area contributed by atoms with Gasteiger partial charge in [-0.2, -0.15) is 0 Å². The van der Waals surface area contributed by atoms with E-state index in [0.717, 1.165) is 6.42 Å². The summed E-state index contributed by atoms with van der Waals surface area (Å²) in [6, 6.07) is 0. The highest BCUT2D eigenvalue weighted by atomic mass is 16.5. The zero-order valence-corrected chi connectivity index (χ0v) is 10.7. The molecule has 0 radical (unpaired) electrons. The smallest absolute Gasteiger partial charge is 0.341 e. The number of aliphatic carboxylic acids is 1. The molecule has 0 aromatic carbocycles. The Morgan fingerprint density at radius 2 is 1.88 bits per heavy atom. The molecule has 94 valence electrons. The van der Waals surface area contributed by atoms with Crippen molar-refractivity contribution >= 4 is 5.97 Å². The normalized spacial score (nSPS) is 11.3. The Morgan fingerprint density at radius 3 is 2.19 bits per heavy atom. The average Bonchev–Trinajstić information content (AvgIpc) is 2.30. The Morgan fingerprint density at radius 1 is 1.31 bits per heavy atom. The van der Waals surface area contributed by atoms with E-state index in [1.807, 2.05) is 20.8 Å². The topological polar surface area (TPSA) is 55.8 Å². The maximum atomic E-state index is 10.3. The standard InChI is InChI=1S/C10H16O4.C2H6/c1-4-6-9(8(5-2)13-3)14-7-10(11)12;1-2/h5-6H,4,7H2,1-3H3,(H,11,12);1-2H3/b8-5+,9-6+;. The Hall–Kier alpha value is -1.45. The van der Waals surface area contributed by atoms with Gasteiger partial charge in [-0.25, -0.2) is 4.79 Å². The minimum absolute atomic E-state index is 0.355. The van der Waals surface area contributed by atoms with Crippen molar-refractivity contribution in [3.8, 4) is 0 Å². The molecule has 0 saturated heterocycles. The summed E-state index contributed by atoms with van der Waals surface area (Å²) in [4.78, 5) is 10.3. The third-order valence-corrected chi connectivity index (χ3v) is 1.47. The molecule has 0 rings (SSSR count). The van der Waals surface area contributed by atoms with E-state index in [9.17, 15) is 4.79 Å². The summed E-state index contributed by atoms with van der Waals surface area (Å²) in [7, 11) is 1.52. The number of allylic oxidation sites excluding steroid dienone is 2. The van der Waals surface area contributed by atoms with E-state index in [-0.39, 0.29) is 6.61 Å². The maximum absolute atomic E-state index is 10.3. The first kappa shape index (κ1) is 17.0. The van der Waals surface area contributed by atoms with Crippen LogP contribution in [-0.4, -0.2) is 24.8 Å². The monoisotopic (exact) mass is 230 g/mol. The van der Waals surface area contributed by atoms with Gasteiger partial charge in [0, 0.05) is 0 Å². The highest BCUT2D eigenvalue weighted by molar-refractivity contribution is 5.68. The molecule has 16 heavy (non-hydrogen) atoms. The fourth-order valence-electron chi connectivity index (χ4n) is 0.916. The second-order valence-electron chi connectivity index (χ2n) is 2.52. The van der Waals surface area contributed by atoms with Crippen molar-refractivity contribution < 1.29 is 19.4 Å². The van der Waals surface area contributed by atoms with Crippen LogP contribution in [0.5, 0.6) is 0 Å². The van der Waals surface area contributed by atoms with Gasteiger partial charge in [0.2, 0.25) is 0 Å². The molecule has 0 bridgehead atoms. The first-order valence-electron chi connectivity index (χ1n) is 5.41. The van der Waals surface area contributed by atoms with Crippen LogP contribution in [0.25, 0.3) is 0 Å². The van der Waals surface area contributed by atoms with E-state index < -0.39 is 5.97 Å². The number of ether oxygens (including phenoxy) is 2. The molecule has 0 aromatic rings. The lowest BCUT2D eigenvalue weighted by atomic mass is 10.3. The highest BCUT2D eigenvalue weighted by Crippen LogP contribution is 2.12. The largest absolute Gasteiger partial charge is 0.493 e. The van der Waals surface area contributed by atoms with Gasteiger partial charge in [0.15, 0.2) is 18.1 Å². The minimum Gasteiger partial charge on any atom is -0.493 e. The van der Waals surface area contributed by atoms with Gasteiger partial charge in [0.1, 0.15) is 0 Å². The summed E-state index contributed by atoms with van der Waals surface area (Å²) >= 11 is 0. The van der Waals surface area contributed by atoms with Crippen LogP contribution in [0, 0.1) is 0 Å². The van der Waals surface area contributed by atoms with Crippen LogP contribution >= 0.6 is 0 Å². The quantitative estimate of drug-likeness (QED) is 0.563.